The highest BCUT2D eigenvalue weighted by molar-refractivity contribution is 6.18. The molecule has 1 aromatic rings. The molecule has 2 rings (SSSR count). The van der Waals surface area contributed by atoms with Gasteiger partial charge in [-0.15, -0.1) is 11.6 Å². The van der Waals surface area contributed by atoms with Gasteiger partial charge in [-0.25, -0.2) is 0 Å². The van der Waals surface area contributed by atoms with Crippen LogP contribution in [0.5, 0.6) is 0 Å². The first-order valence-corrected chi connectivity index (χ1v) is 5.54. The Morgan fingerprint density at radius 1 is 1.73 bits per heavy atom. The molecule has 0 aliphatic heterocycles. The molecule has 0 saturated heterocycles. The van der Waals surface area contributed by atoms with Gasteiger partial charge in [0.25, 0.3) is 5.91 Å². The van der Waals surface area contributed by atoms with Gasteiger partial charge in [0.2, 0.25) is 0 Å². The van der Waals surface area contributed by atoms with Crippen molar-refractivity contribution < 1.29 is 4.79 Å². The fourth-order valence-electron chi connectivity index (χ4n) is 1.48. The molecule has 4 nitrogen and oxygen atoms in total. The lowest BCUT2D eigenvalue weighted by Crippen LogP contribution is -2.31. The van der Waals surface area contributed by atoms with Crippen LogP contribution < -0.4 is 5.32 Å². The fraction of sp³-hybridized carbons (Fsp3) is 0.600. The van der Waals surface area contributed by atoms with Crippen LogP contribution in [0.3, 0.4) is 0 Å². The van der Waals surface area contributed by atoms with E-state index >= 15 is 0 Å². The maximum Gasteiger partial charge on any atom is 0.254 e. The summed E-state index contributed by atoms with van der Waals surface area (Å²) in [6.45, 7) is 2.50. The Morgan fingerprint density at radius 2 is 2.47 bits per heavy atom. The molecule has 0 unspecified atom stereocenters. The van der Waals surface area contributed by atoms with E-state index in [9.17, 15) is 4.79 Å². The minimum Gasteiger partial charge on any atom is -0.351 e. The quantitative estimate of drug-likeness (QED) is 0.766. The van der Waals surface area contributed by atoms with E-state index in [2.05, 4.69) is 15.5 Å². The van der Waals surface area contributed by atoms with E-state index in [0.29, 0.717) is 18.0 Å². The first-order valence-electron chi connectivity index (χ1n) is 5.01. The van der Waals surface area contributed by atoms with Crippen molar-refractivity contribution in [3.05, 3.63) is 17.5 Å². The average Bonchev–Trinajstić information content (AvgIpc) is 2.91. The summed E-state index contributed by atoms with van der Waals surface area (Å²) in [6.07, 6.45) is 3.77. The highest BCUT2D eigenvalue weighted by Crippen LogP contribution is 2.45. The lowest BCUT2D eigenvalue weighted by atomic mass is 10.1. The summed E-state index contributed by atoms with van der Waals surface area (Å²) in [5.74, 6) is 0.551. The van der Waals surface area contributed by atoms with Crippen molar-refractivity contribution in [3.8, 4) is 0 Å². The first-order chi connectivity index (χ1) is 7.17. The SMILES string of the molecule is Cc1[nH]ncc1C(=O)NCC1(CCl)CC1. The molecule has 1 aromatic heterocycles. The maximum atomic E-state index is 11.7. The van der Waals surface area contributed by atoms with Crippen LogP contribution in [-0.2, 0) is 0 Å². The number of nitrogens with one attached hydrogen (secondary N) is 2. The molecule has 0 radical (unpaired) electrons. The number of aromatic nitrogens is 2. The number of carbonyl (C=O) groups excluding carboxylic acids is 1. The summed E-state index contributed by atoms with van der Waals surface area (Å²) in [4.78, 5) is 11.7. The molecule has 1 aliphatic rings. The van der Waals surface area contributed by atoms with Gasteiger partial charge in [-0.05, 0) is 19.8 Å². The van der Waals surface area contributed by atoms with Crippen LogP contribution in [0.2, 0.25) is 0 Å². The number of rotatable bonds is 4. The van der Waals surface area contributed by atoms with Crippen molar-refractivity contribution in [3.63, 3.8) is 0 Å². The van der Waals surface area contributed by atoms with Crippen LogP contribution in [0.1, 0.15) is 28.9 Å². The molecule has 15 heavy (non-hydrogen) atoms. The monoisotopic (exact) mass is 227 g/mol. The molecule has 1 amide bonds. The van der Waals surface area contributed by atoms with Gasteiger partial charge in [0.05, 0.1) is 11.8 Å². The van der Waals surface area contributed by atoms with Crippen molar-refractivity contribution in [2.24, 2.45) is 5.41 Å². The zero-order chi connectivity index (χ0) is 10.9. The largest absolute Gasteiger partial charge is 0.351 e. The minimum absolute atomic E-state index is 0.0716. The highest BCUT2D eigenvalue weighted by atomic mass is 35.5. The molecule has 1 fully saturated rings. The van der Waals surface area contributed by atoms with E-state index in [1.165, 1.54) is 0 Å². The van der Waals surface area contributed by atoms with Crippen molar-refractivity contribution in [1.29, 1.82) is 0 Å². The number of carbonyl (C=O) groups is 1. The van der Waals surface area contributed by atoms with E-state index < -0.39 is 0 Å². The lowest BCUT2D eigenvalue weighted by molar-refractivity contribution is 0.0946. The Balaban J connectivity index is 1.91. The van der Waals surface area contributed by atoms with Crippen LogP contribution in [0.4, 0.5) is 0 Å². The zero-order valence-corrected chi connectivity index (χ0v) is 9.40. The fourth-order valence-corrected chi connectivity index (χ4v) is 1.84. The van der Waals surface area contributed by atoms with Crippen molar-refractivity contribution in [1.82, 2.24) is 15.5 Å². The number of amides is 1. The van der Waals surface area contributed by atoms with Crippen molar-refractivity contribution >= 4 is 17.5 Å². The van der Waals surface area contributed by atoms with E-state index in [-0.39, 0.29) is 11.3 Å². The maximum absolute atomic E-state index is 11.7. The average molecular weight is 228 g/mol. The second-order valence-electron chi connectivity index (χ2n) is 4.22. The predicted molar refractivity (Wildman–Crippen MR) is 58.0 cm³/mol. The Kier molecular flexibility index (Phi) is 2.69. The molecule has 2 N–H and O–H groups in total. The summed E-state index contributed by atoms with van der Waals surface area (Å²) in [5, 5.41) is 9.45. The number of H-pyrrole nitrogens is 1. The zero-order valence-electron chi connectivity index (χ0n) is 8.64. The van der Waals surface area contributed by atoms with E-state index in [1.807, 2.05) is 6.92 Å². The lowest BCUT2D eigenvalue weighted by Gasteiger charge is -2.11. The molecular formula is C10H14ClN3O. The predicted octanol–water partition coefficient (Wildman–Crippen LogP) is 1.47. The van der Waals surface area contributed by atoms with Gasteiger partial charge in [0.1, 0.15) is 0 Å². The van der Waals surface area contributed by atoms with Gasteiger partial charge in [0.15, 0.2) is 0 Å². The van der Waals surface area contributed by atoms with Crippen molar-refractivity contribution in [2.45, 2.75) is 19.8 Å². The van der Waals surface area contributed by atoms with E-state index in [1.54, 1.807) is 6.20 Å². The van der Waals surface area contributed by atoms with E-state index in [4.69, 9.17) is 11.6 Å². The molecule has 0 atom stereocenters. The first kappa shape index (κ1) is 10.5. The van der Waals surface area contributed by atoms with Crippen LogP contribution in [0.25, 0.3) is 0 Å². The number of hydrogen-bond donors (Lipinski definition) is 2. The number of nitrogens with zero attached hydrogens (tertiary/aromatic N) is 1. The van der Waals surface area contributed by atoms with Gasteiger partial charge in [-0.3, -0.25) is 9.89 Å². The third kappa shape index (κ3) is 2.15. The topological polar surface area (TPSA) is 57.8 Å². The number of aryl methyl sites for hydroxylation is 1. The number of aromatic amines is 1. The summed E-state index contributed by atoms with van der Waals surface area (Å²) >= 11 is 5.83. The summed E-state index contributed by atoms with van der Waals surface area (Å²) in [5.41, 5.74) is 1.57. The third-order valence-electron chi connectivity index (χ3n) is 2.94. The highest BCUT2D eigenvalue weighted by Gasteiger charge is 2.41. The Labute approximate surface area is 93.4 Å². The number of alkyl halides is 1. The van der Waals surface area contributed by atoms with Crippen LogP contribution in [-0.4, -0.2) is 28.5 Å². The van der Waals surface area contributed by atoms with E-state index in [0.717, 1.165) is 18.5 Å². The Morgan fingerprint density at radius 3 is 2.93 bits per heavy atom. The normalized spacial score (nSPS) is 17.5. The summed E-state index contributed by atoms with van der Waals surface area (Å²) in [7, 11) is 0. The Hall–Kier alpha value is -1.03. The van der Waals surface area contributed by atoms with Gasteiger partial charge < -0.3 is 5.32 Å². The second-order valence-corrected chi connectivity index (χ2v) is 4.49. The molecule has 0 spiro atoms. The minimum atomic E-state index is -0.0716. The van der Waals surface area contributed by atoms with Gasteiger partial charge >= 0.3 is 0 Å². The molecule has 82 valence electrons. The van der Waals surface area contributed by atoms with Crippen LogP contribution in [0.15, 0.2) is 6.20 Å². The van der Waals surface area contributed by atoms with Gasteiger partial charge in [0, 0.05) is 23.5 Å². The Bertz CT molecular complexity index is 370. The van der Waals surface area contributed by atoms with Crippen LogP contribution in [0, 0.1) is 12.3 Å². The summed E-state index contributed by atoms with van der Waals surface area (Å²) < 4.78 is 0. The molecule has 5 heteroatoms. The number of hydrogen-bond acceptors (Lipinski definition) is 2. The molecule has 0 aromatic carbocycles. The van der Waals surface area contributed by atoms with Crippen molar-refractivity contribution in [2.75, 3.05) is 12.4 Å². The smallest absolute Gasteiger partial charge is 0.254 e. The molecule has 0 bridgehead atoms. The standard InChI is InChI=1S/C10H14ClN3O/c1-7-8(4-13-14-7)9(15)12-6-10(5-11)2-3-10/h4H,2-3,5-6H2,1H3,(H,12,15)(H,13,14). The third-order valence-corrected chi connectivity index (χ3v) is 3.51. The van der Waals surface area contributed by atoms with Gasteiger partial charge in [-0.1, -0.05) is 0 Å². The van der Waals surface area contributed by atoms with Crippen LogP contribution >= 0.6 is 11.6 Å². The summed E-state index contributed by atoms with van der Waals surface area (Å²) in [6, 6.07) is 0. The number of halogens is 1. The van der Waals surface area contributed by atoms with Gasteiger partial charge in [-0.2, -0.15) is 5.10 Å². The second kappa shape index (κ2) is 3.85. The molecular weight excluding hydrogens is 214 g/mol. The molecule has 1 saturated carbocycles. The molecule has 1 heterocycles. The molecule has 1 aliphatic carbocycles.